The number of hydrogen-bond donors (Lipinski definition) is 8. The summed E-state index contributed by atoms with van der Waals surface area (Å²) in [5, 5.41) is 82.8. The van der Waals surface area contributed by atoms with E-state index in [9.17, 15) is 50.4 Å². The largest absolute Gasteiger partial charge is 0.507 e. The van der Waals surface area contributed by atoms with Crippen molar-refractivity contribution in [2.24, 2.45) is 0 Å². The summed E-state index contributed by atoms with van der Waals surface area (Å²) in [6.45, 7) is -0.827. The van der Waals surface area contributed by atoms with Gasteiger partial charge in [0, 0.05) is 30.7 Å². The fourth-order valence-electron chi connectivity index (χ4n) is 5.08. The summed E-state index contributed by atoms with van der Waals surface area (Å²) < 4.78 is 38.2. The first-order chi connectivity index (χ1) is 21.8. The van der Waals surface area contributed by atoms with Crippen molar-refractivity contribution in [3.05, 3.63) is 40.6 Å². The number of aliphatic hydroxyl groups is 5. The number of benzene rings is 2. The molecule has 2 saturated heterocycles. The molecule has 8 N–H and O–H groups in total. The Balaban J connectivity index is 1.50. The number of hydrogen-bond acceptors (Lipinski definition) is 17. The van der Waals surface area contributed by atoms with Crippen molar-refractivity contribution in [2.45, 2.75) is 55.6 Å². The molecule has 17 heteroatoms. The van der Waals surface area contributed by atoms with Crippen LogP contribution in [-0.2, 0) is 23.7 Å². The van der Waals surface area contributed by atoms with Gasteiger partial charge in [-0.25, -0.2) is 0 Å². The minimum Gasteiger partial charge on any atom is -0.507 e. The predicted molar refractivity (Wildman–Crippen MR) is 150 cm³/mol. The van der Waals surface area contributed by atoms with Crippen LogP contribution >= 0.6 is 0 Å². The van der Waals surface area contributed by atoms with E-state index in [-0.39, 0.29) is 33.8 Å². The van der Waals surface area contributed by atoms with Crippen LogP contribution in [0.1, 0.15) is 6.92 Å². The van der Waals surface area contributed by atoms with Crippen LogP contribution < -0.4 is 14.9 Å². The second-order valence-electron chi connectivity index (χ2n) is 10.8. The van der Waals surface area contributed by atoms with Crippen LogP contribution in [0.5, 0.6) is 28.7 Å². The number of aromatic hydroxyl groups is 3. The molecular formula is C29H32O17. The second kappa shape index (κ2) is 12.9. The van der Waals surface area contributed by atoms with Crippen LogP contribution in [0.25, 0.3) is 22.3 Å². The Bertz CT molecular complexity index is 1630. The monoisotopic (exact) mass is 652 g/mol. The van der Waals surface area contributed by atoms with Crippen LogP contribution in [0, 0.1) is 0 Å². The number of ether oxygens (including phenoxy) is 6. The van der Waals surface area contributed by atoms with E-state index in [2.05, 4.69) is 0 Å². The molecule has 2 aliphatic rings. The van der Waals surface area contributed by atoms with Crippen LogP contribution in [-0.4, -0.2) is 122 Å². The van der Waals surface area contributed by atoms with Crippen molar-refractivity contribution in [3.63, 3.8) is 0 Å². The lowest BCUT2D eigenvalue weighted by Crippen LogP contribution is -2.62. The Kier molecular flexibility index (Phi) is 9.30. The Labute approximate surface area is 258 Å². The summed E-state index contributed by atoms with van der Waals surface area (Å²) in [5.74, 6) is -2.76. The minimum absolute atomic E-state index is 0.0769. The smallest absolute Gasteiger partial charge is 0.302 e. The first kappa shape index (κ1) is 33.2. The van der Waals surface area contributed by atoms with Gasteiger partial charge in [0.1, 0.15) is 64.9 Å². The van der Waals surface area contributed by atoms with Gasteiger partial charge in [0.15, 0.2) is 29.3 Å². The zero-order valence-corrected chi connectivity index (χ0v) is 24.3. The number of esters is 1. The number of methoxy groups -OCH3 is 1. The average Bonchev–Trinajstić information content (AvgIpc) is 3.28. The molecule has 0 saturated carbocycles. The topological polar surface area (TPSA) is 264 Å². The quantitative estimate of drug-likeness (QED) is 0.126. The number of aliphatic hydroxyl groups excluding tert-OH is 4. The first-order valence-electron chi connectivity index (χ1n) is 13.8. The number of phenols is 3. The van der Waals surface area contributed by atoms with Gasteiger partial charge in [0.05, 0.1) is 20.3 Å². The third-order valence-electron chi connectivity index (χ3n) is 7.54. The molecule has 8 unspecified atom stereocenters. The van der Waals surface area contributed by atoms with E-state index in [1.165, 1.54) is 25.3 Å². The molecule has 3 aromatic rings. The van der Waals surface area contributed by atoms with Gasteiger partial charge >= 0.3 is 5.97 Å². The summed E-state index contributed by atoms with van der Waals surface area (Å²) in [5.41, 5.74) is -2.93. The highest BCUT2D eigenvalue weighted by Crippen LogP contribution is 2.41. The van der Waals surface area contributed by atoms with E-state index in [1.807, 2.05) is 0 Å². The standard InChI is InChI=1S/C29H32O17/c1-11(31)41-8-20-22(36)23(37)25(46-28-26(38)29(39,9-30)10-42-28)27(45-20)43-13-5-14(32)21-15(33)7-18(44-19(21)6-13)12-3-16(34)24(40-2)17(35)4-12/h3-7,20,22-23,25-28,30,32,34-39H,8-10H2,1-2H3. The number of carbonyl (C=O) groups excluding carboxylic acids is 1. The maximum Gasteiger partial charge on any atom is 0.302 e. The Morgan fingerprint density at radius 3 is 2.30 bits per heavy atom. The minimum atomic E-state index is -2.09. The number of phenolic OH excluding ortho intramolecular Hbond substituents is 3. The molecule has 0 amide bonds. The SMILES string of the molecule is COc1c(O)cc(-c2cc(=O)c3c(O)cc(OC4OC(COC(C)=O)C(O)C(O)C4OC4OCC(O)(CO)C4O)cc3o2)cc1O. The Hall–Kier alpha value is -4.20. The summed E-state index contributed by atoms with van der Waals surface area (Å²) >= 11 is 0. The molecule has 2 aromatic carbocycles. The molecule has 0 bridgehead atoms. The highest BCUT2D eigenvalue weighted by Gasteiger charge is 2.53. The maximum atomic E-state index is 13.0. The van der Waals surface area contributed by atoms with E-state index >= 15 is 0 Å². The predicted octanol–water partition coefficient (Wildman–Crippen LogP) is -1.20. The first-order valence-corrected chi connectivity index (χ1v) is 13.8. The van der Waals surface area contributed by atoms with Gasteiger partial charge in [-0.15, -0.1) is 0 Å². The van der Waals surface area contributed by atoms with E-state index in [1.54, 1.807) is 0 Å². The summed E-state index contributed by atoms with van der Waals surface area (Å²) in [6, 6.07) is 5.57. The molecule has 0 aliphatic carbocycles. The van der Waals surface area contributed by atoms with Crippen molar-refractivity contribution in [3.8, 4) is 40.1 Å². The lowest BCUT2D eigenvalue weighted by Gasteiger charge is -2.42. The lowest BCUT2D eigenvalue weighted by atomic mass is 9.98. The van der Waals surface area contributed by atoms with Crippen molar-refractivity contribution in [1.29, 1.82) is 0 Å². The van der Waals surface area contributed by atoms with Gasteiger partial charge in [-0.3, -0.25) is 9.59 Å². The number of fused-ring (bicyclic) bond motifs is 1. The van der Waals surface area contributed by atoms with E-state index < -0.39 is 97.2 Å². The summed E-state index contributed by atoms with van der Waals surface area (Å²) in [7, 11) is 1.23. The van der Waals surface area contributed by atoms with Crippen LogP contribution in [0.3, 0.4) is 0 Å². The van der Waals surface area contributed by atoms with Crippen molar-refractivity contribution >= 4 is 16.9 Å². The number of rotatable bonds is 9. The maximum absolute atomic E-state index is 13.0. The van der Waals surface area contributed by atoms with E-state index in [0.717, 1.165) is 19.1 Å². The fourth-order valence-corrected chi connectivity index (χ4v) is 5.08. The molecule has 3 heterocycles. The van der Waals surface area contributed by atoms with Crippen molar-refractivity contribution in [1.82, 2.24) is 0 Å². The van der Waals surface area contributed by atoms with Gasteiger partial charge < -0.3 is 73.7 Å². The van der Waals surface area contributed by atoms with Crippen LogP contribution in [0.2, 0.25) is 0 Å². The average molecular weight is 653 g/mol. The second-order valence-corrected chi connectivity index (χ2v) is 10.8. The normalized spacial score (nSPS) is 29.5. The van der Waals surface area contributed by atoms with Gasteiger partial charge in [0.2, 0.25) is 12.0 Å². The molecule has 0 radical (unpaired) electrons. The van der Waals surface area contributed by atoms with Crippen molar-refractivity contribution in [2.75, 3.05) is 26.9 Å². The third-order valence-corrected chi connectivity index (χ3v) is 7.54. The molecule has 0 spiro atoms. The van der Waals surface area contributed by atoms with Gasteiger partial charge in [0.25, 0.3) is 0 Å². The lowest BCUT2D eigenvalue weighted by molar-refractivity contribution is -0.319. The highest BCUT2D eigenvalue weighted by atomic mass is 16.8. The van der Waals surface area contributed by atoms with Gasteiger partial charge in [-0.1, -0.05) is 0 Å². The fraction of sp³-hybridized carbons (Fsp3) is 0.448. The molecule has 8 atom stereocenters. The Morgan fingerprint density at radius 1 is 1.00 bits per heavy atom. The molecule has 17 nitrogen and oxygen atoms in total. The number of carbonyl (C=O) groups is 1. The van der Waals surface area contributed by atoms with Crippen LogP contribution in [0.4, 0.5) is 0 Å². The molecule has 46 heavy (non-hydrogen) atoms. The van der Waals surface area contributed by atoms with Gasteiger partial charge in [-0.05, 0) is 12.1 Å². The highest BCUT2D eigenvalue weighted by molar-refractivity contribution is 5.86. The van der Waals surface area contributed by atoms with Gasteiger partial charge in [-0.2, -0.15) is 0 Å². The van der Waals surface area contributed by atoms with E-state index in [4.69, 9.17) is 32.8 Å². The molecule has 2 aliphatic heterocycles. The molecule has 2 fully saturated rings. The Morgan fingerprint density at radius 2 is 1.70 bits per heavy atom. The summed E-state index contributed by atoms with van der Waals surface area (Å²) in [6.07, 6.45) is -11.7. The summed E-state index contributed by atoms with van der Waals surface area (Å²) in [4.78, 5) is 24.3. The molecule has 5 rings (SSSR count). The van der Waals surface area contributed by atoms with E-state index in [0.29, 0.717) is 0 Å². The third kappa shape index (κ3) is 6.26. The zero-order chi connectivity index (χ0) is 33.5. The zero-order valence-electron chi connectivity index (χ0n) is 24.3. The molecule has 1 aromatic heterocycles. The molecular weight excluding hydrogens is 620 g/mol. The molecule has 250 valence electrons. The van der Waals surface area contributed by atoms with Crippen molar-refractivity contribution < 1.29 is 78.5 Å². The van der Waals surface area contributed by atoms with Crippen LogP contribution in [0.15, 0.2) is 39.5 Å².